The highest BCUT2D eigenvalue weighted by Crippen LogP contribution is 2.45. The topological polar surface area (TPSA) is 12.0 Å². The number of hydrogen-bond donors (Lipinski definition) is 1. The van der Waals surface area contributed by atoms with E-state index in [1.807, 2.05) is 0 Å². The molecule has 0 aromatic carbocycles. The maximum Gasteiger partial charge on any atom is 0.00104 e. The van der Waals surface area contributed by atoms with Crippen LogP contribution in [0.2, 0.25) is 0 Å². The molecule has 94 valence electrons. The molecule has 0 aromatic heterocycles. The SMILES string of the molecule is CC1CCC(CNC(C)C)C(C2CCC2)C1. The highest BCUT2D eigenvalue weighted by Gasteiger charge is 2.36. The molecule has 0 radical (unpaired) electrons. The Hall–Kier alpha value is -0.0400. The fraction of sp³-hybridized carbons (Fsp3) is 1.00. The summed E-state index contributed by atoms with van der Waals surface area (Å²) >= 11 is 0. The lowest BCUT2D eigenvalue weighted by molar-refractivity contribution is 0.0773. The standard InChI is InChI=1S/C15H29N/c1-11(2)16-10-14-8-7-12(3)9-15(14)13-5-4-6-13/h11-16H,4-10H2,1-3H3. The average molecular weight is 223 g/mol. The first kappa shape index (κ1) is 12.4. The highest BCUT2D eigenvalue weighted by molar-refractivity contribution is 4.88. The predicted molar refractivity (Wildman–Crippen MR) is 70.5 cm³/mol. The Kier molecular flexibility index (Phi) is 4.29. The van der Waals surface area contributed by atoms with Gasteiger partial charge < -0.3 is 5.32 Å². The Bertz CT molecular complexity index is 207. The van der Waals surface area contributed by atoms with Crippen LogP contribution in [0, 0.1) is 23.7 Å². The molecule has 2 fully saturated rings. The van der Waals surface area contributed by atoms with Gasteiger partial charge in [0.15, 0.2) is 0 Å². The first-order chi connectivity index (χ1) is 7.66. The Morgan fingerprint density at radius 1 is 1.12 bits per heavy atom. The van der Waals surface area contributed by atoms with Crippen LogP contribution < -0.4 is 5.32 Å². The van der Waals surface area contributed by atoms with E-state index in [4.69, 9.17) is 0 Å². The van der Waals surface area contributed by atoms with E-state index in [1.54, 1.807) is 0 Å². The quantitative estimate of drug-likeness (QED) is 0.763. The summed E-state index contributed by atoms with van der Waals surface area (Å²) in [6, 6.07) is 0.654. The van der Waals surface area contributed by atoms with Crippen molar-refractivity contribution in [2.24, 2.45) is 23.7 Å². The number of hydrogen-bond acceptors (Lipinski definition) is 1. The van der Waals surface area contributed by atoms with Crippen molar-refractivity contribution in [1.29, 1.82) is 0 Å². The average Bonchev–Trinajstić information content (AvgIpc) is 2.13. The molecule has 2 rings (SSSR count). The summed E-state index contributed by atoms with van der Waals surface area (Å²) in [5, 5.41) is 3.66. The van der Waals surface area contributed by atoms with Gasteiger partial charge in [-0.3, -0.25) is 0 Å². The summed E-state index contributed by atoms with van der Waals surface area (Å²) in [5.74, 6) is 4.09. The molecule has 16 heavy (non-hydrogen) atoms. The van der Waals surface area contributed by atoms with E-state index >= 15 is 0 Å². The minimum Gasteiger partial charge on any atom is -0.314 e. The van der Waals surface area contributed by atoms with E-state index in [-0.39, 0.29) is 0 Å². The fourth-order valence-electron chi connectivity index (χ4n) is 3.57. The molecule has 0 spiro atoms. The van der Waals surface area contributed by atoms with Crippen molar-refractivity contribution >= 4 is 0 Å². The largest absolute Gasteiger partial charge is 0.314 e. The van der Waals surface area contributed by atoms with Crippen LogP contribution in [-0.2, 0) is 0 Å². The molecule has 0 saturated heterocycles. The molecule has 0 bridgehead atoms. The molecule has 0 heterocycles. The van der Waals surface area contributed by atoms with Gasteiger partial charge in [0.1, 0.15) is 0 Å². The lowest BCUT2D eigenvalue weighted by Gasteiger charge is -2.43. The molecule has 0 amide bonds. The van der Waals surface area contributed by atoms with Crippen molar-refractivity contribution in [3.63, 3.8) is 0 Å². The summed E-state index contributed by atoms with van der Waals surface area (Å²) in [4.78, 5) is 0. The summed E-state index contributed by atoms with van der Waals surface area (Å²) < 4.78 is 0. The smallest absolute Gasteiger partial charge is 0.00104 e. The monoisotopic (exact) mass is 223 g/mol. The Labute approximate surface area is 101 Å². The maximum atomic E-state index is 3.66. The second kappa shape index (κ2) is 5.53. The van der Waals surface area contributed by atoms with Gasteiger partial charge in [-0.15, -0.1) is 0 Å². The third kappa shape index (κ3) is 3.00. The zero-order chi connectivity index (χ0) is 11.5. The third-order valence-electron chi connectivity index (χ3n) is 4.85. The Morgan fingerprint density at radius 3 is 2.44 bits per heavy atom. The number of rotatable bonds is 4. The van der Waals surface area contributed by atoms with Crippen LogP contribution in [0.1, 0.15) is 59.3 Å². The van der Waals surface area contributed by atoms with Crippen molar-refractivity contribution in [1.82, 2.24) is 5.32 Å². The van der Waals surface area contributed by atoms with Gasteiger partial charge in [0, 0.05) is 6.04 Å². The van der Waals surface area contributed by atoms with Crippen LogP contribution >= 0.6 is 0 Å². The van der Waals surface area contributed by atoms with Crippen molar-refractivity contribution in [3.8, 4) is 0 Å². The van der Waals surface area contributed by atoms with Gasteiger partial charge in [-0.2, -0.15) is 0 Å². The van der Waals surface area contributed by atoms with Crippen LogP contribution in [0.3, 0.4) is 0 Å². The van der Waals surface area contributed by atoms with E-state index in [0.29, 0.717) is 6.04 Å². The Morgan fingerprint density at radius 2 is 1.88 bits per heavy atom. The molecule has 0 aliphatic heterocycles. The van der Waals surface area contributed by atoms with Gasteiger partial charge in [-0.05, 0) is 43.1 Å². The van der Waals surface area contributed by atoms with Gasteiger partial charge in [-0.1, -0.05) is 46.5 Å². The highest BCUT2D eigenvalue weighted by atomic mass is 14.9. The van der Waals surface area contributed by atoms with E-state index in [1.165, 1.54) is 45.1 Å². The van der Waals surface area contributed by atoms with Crippen LogP contribution in [0.15, 0.2) is 0 Å². The van der Waals surface area contributed by atoms with Crippen molar-refractivity contribution < 1.29 is 0 Å². The van der Waals surface area contributed by atoms with E-state index in [9.17, 15) is 0 Å². The van der Waals surface area contributed by atoms with E-state index in [2.05, 4.69) is 26.1 Å². The summed E-state index contributed by atoms with van der Waals surface area (Å²) in [5.41, 5.74) is 0. The second-order valence-corrected chi connectivity index (χ2v) is 6.60. The predicted octanol–water partition coefficient (Wildman–Crippen LogP) is 3.84. The molecular weight excluding hydrogens is 194 g/mol. The van der Waals surface area contributed by atoms with Crippen LogP contribution in [0.25, 0.3) is 0 Å². The fourth-order valence-corrected chi connectivity index (χ4v) is 3.57. The van der Waals surface area contributed by atoms with Crippen LogP contribution in [0.4, 0.5) is 0 Å². The molecule has 1 N–H and O–H groups in total. The first-order valence-electron chi connectivity index (χ1n) is 7.40. The van der Waals surface area contributed by atoms with Crippen molar-refractivity contribution in [2.75, 3.05) is 6.54 Å². The lowest BCUT2D eigenvalue weighted by atomic mass is 9.63. The van der Waals surface area contributed by atoms with Crippen LogP contribution in [0.5, 0.6) is 0 Å². The summed E-state index contributed by atoms with van der Waals surface area (Å²) in [6.07, 6.45) is 9.00. The zero-order valence-electron chi connectivity index (χ0n) is 11.3. The maximum absolute atomic E-state index is 3.66. The van der Waals surface area contributed by atoms with E-state index < -0.39 is 0 Å². The summed E-state index contributed by atoms with van der Waals surface area (Å²) in [6.45, 7) is 8.26. The molecular formula is C15H29N. The lowest BCUT2D eigenvalue weighted by Crippen LogP contribution is -2.40. The third-order valence-corrected chi connectivity index (χ3v) is 4.85. The van der Waals surface area contributed by atoms with Crippen molar-refractivity contribution in [2.45, 2.75) is 65.3 Å². The summed E-state index contributed by atoms with van der Waals surface area (Å²) in [7, 11) is 0. The molecule has 1 nitrogen and oxygen atoms in total. The normalized spacial score (nSPS) is 36.4. The zero-order valence-corrected chi connectivity index (χ0v) is 11.3. The molecule has 2 aliphatic rings. The Balaban J connectivity index is 1.86. The molecule has 2 saturated carbocycles. The molecule has 1 heteroatoms. The van der Waals surface area contributed by atoms with Gasteiger partial charge >= 0.3 is 0 Å². The molecule has 0 aromatic rings. The van der Waals surface area contributed by atoms with Gasteiger partial charge in [0.05, 0.1) is 0 Å². The molecule has 3 atom stereocenters. The second-order valence-electron chi connectivity index (χ2n) is 6.60. The number of nitrogens with one attached hydrogen (secondary N) is 1. The van der Waals surface area contributed by atoms with Gasteiger partial charge in [0.2, 0.25) is 0 Å². The minimum atomic E-state index is 0.654. The minimum absolute atomic E-state index is 0.654. The molecule has 2 aliphatic carbocycles. The van der Waals surface area contributed by atoms with Gasteiger partial charge in [0.25, 0.3) is 0 Å². The van der Waals surface area contributed by atoms with Crippen LogP contribution in [-0.4, -0.2) is 12.6 Å². The van der Waals surface area contributed by atoms with Gasteiger partial charge in [-0.25, -0.2) is 0 Å². The first-order valence-corrected chi connectivity index (χ1v) is 7.40. The van der Waals surface area contributed by atoms with E-state index in [0.717, 1.165) is 23.7 Å². The van der Waals surface area contributed by atoms with Crippen molar-refractivity contribution in [3.05, 3.63) is 0 Å². The molecule has 3 unspecified atom stereocenters.